The molecule has 0 bridgehead atoms. The van der Waals surface area contributed by atoms with Crippen LogP contribution in [-0.2, 0) is 11.3 Å². The zero-order chi connectivity index (χ0) is 26.2. The summed E-state index contributed by atoms with van der Waals surface area (Å²) in [5.74, 6) is 3.21. The second kappa shape index (κ2) is 12.7. The molecule has 1 aromatic carbocycles. The average molecular weight is 527 g/mol. The van der Waals surface area contributed by atoms with Crippen LogP contribution in [0.1, 0.15) is 31.7 Å². The largest absolute Gasteiger partial charge is 0.493 e. The van der Waals surface area contributed by atoms with E-state index in [-0.39, 0.29) is 5.91 Å². The number of carbonyl (C=O) groups is 1. The van der Waals surface area contributed by atoms with Crippen LogP contribution in [0.3, 0.4) is 0 Å². The first kappa shape index (κ1) is 26.6. The lowest BCUT2D eigenvalue weighted by atomic mass is 10.1. The summed E-state index contributed by atoms with van der Waals surface area (Å²) in [6.07, 6.45) is 8.63. The first-order valence-electron chi connectivity index (χ1n) is 12.4. The molecule has 10 nitrogen and oxygen atoms in total. The second-order valence-corrected chi connectivity index (χ2v) is 9.73. The molecule has 1 fully saturated rings. The smallest absolute Gasteiger partial charge is 0.244 e. The van der Waals surface area contributed by atoms with Crippen molar-refractivity contribution in [3.05, 3.63) is 30.0 Å². The van der Waals surface area contributed by atoms with Gasteiger partial charge >= 0.3 is 0 Å². The summed E-state index contributed by atoms with van der Waals surface area (Å²) in [6, 6.07) is 3.57. The van der Waals surface area contributed by atoms with E-state index in [4.69, 9.17) is 24.2 Å². The van der Waals surface area contributed by atoms with Gasteiger partial charge in [-0.15, -0.1) is 0 Å². The Hall–Kier alpha value is -3.47. The zero-order valence-corrected chi connectivity index (χ0v) is 22.6. The van der Waals surface area contributed by atoms with Gasteiger partial charge in [0, 0.05) is 25.7 Å². The number of nitrogens with zero attached hydrogens (tertiary/aromatic N) is 5. The van der Waals surface area contributed by atoms with Crippen LogP contribution < -0.4 is 24.4 Å². The van der Waals surface area contributed by atoms with Gasteiger partial charge in [-0.3, -0.25) is 4.79 Å². The quantitative estimate of drug-likeness (QED) is 0.227. The zero-order valence-electron chi connectivity index (χ0n) is 21.8. The Kier molecular flexibility index (Phi) is 9.10. The second-order valence-electron chi connectivity index (χ2n) is 8.50. The molecule has 2 aromatic heterocycles. The normalized spacial score (nSPS) is 13.8. The van der Waals surface area contributed by atoms with Gasteiger partial charge in [0.1, 0.15) is 5.82 Å². The molecule has 3 aromatic rings. The van der Waals surface area contributed by atoms with Crippen LogP contribution in [0.5, 0.6) is 17.2 Å². The highest BCUT2D eigenvalue weighted by Crippen LogP contribution is 2.38. The SMILES string of the molecule is CCSc1nc(N2CCCCC2)c2cnn(CCNC(=O)C=Cc3cc(OC)c(OC)c(OC)c3)c2n1. The first-order valence-corrected chi connectivity index (χ1v) is 13.4. The van der Waals surface area contributed by atoms with Gasteiger partial charge in [0.25, 0.3) is 0 Å². The standard InChI is InChI=1S/C26H34N6O4S/c1-5-37-26-29-24(31-12-7-6-8-13-31)19-17-28-32(25(19)30-26)14-11-27-22(33)10-9-18-15-20(34-2)23(36-4)21(16-18)35-3/h9-10,15-17H,5-8,11-14H2,1-4H3,(H,27,33). The molecular formula is C26H34N6O4S. The lowest BCUT2D eigenvalue weighted by Gasteiger charge is -2.28. The summed E-state index contributed by atoms with van der Waals surface area (Å²) < 4.78 is 17.9. The summed E-state index contributed by atoms with van der Waals surface area (Å²) in [4.78, 5) is 24.4. The first-order chi connectivity index (χ1) is 18.1. The highest BCUT2D eigenvalue weighted by molar-refractivity contribution is 7.99. The molecule has 1 saturated heterocycles. The minimum atomic E-state index is -0.212. The maximum atomic E-state index is 12.5. The van der Waals surface area contributed by atoms with Crippen LogP contribution in [0.25, 0.3) is 17.1 Å². The van der Waals surface area contributed by atoms with Crippen molar-refractivity contribution in [1.29, 1.82) is 0 Å². The van der Waals surface area contributed by atoms with Crippen LogP contribution in [0, 0.1) is 0 Å². The highest BCUT2D eigenvalue weighted by atomic mass is 32.2. The van der Waals surface area contributed by atoms with Gasteiger partial charge in [-0.1, -0.05) is 18.7 Å². The van der Waals surface area contributed by atoms with Gasteiger partial charge in [0.2, 0.25) is 11.7 Å². The number of aromatic nitrogens is 4. The third-order valence-electron chi connectivity index (χ3n) is 6.12. The summed E-state index contributed by atoms with van der Waals surface area (Å²) >= 11 is 1.63. The number of ether oxygens (including phenoxy) is 3. The molecule has 198 valence electrons. The Morgan fingerprint density at radius 3 is 2.46 bits per heavy atom. The number of carbonyl (C=O) groups excluding carboxylic acids is 1. The van der Waals surface area contributed by atoms with Crippen molar-refractivity contribution in [3.8, 4) is 17.2 Å². The van der Waals surface area contributed by atoms with E-state index in [1.807, 2.05) is 10.9 Å². The molecule has 0 spiro atoms. The molecule has 11 heteroatoms. The summed E-state index contributed by atoms with van der Waals surface area (Å²) in [5, 5.41) is 9.20. The highest BCUT2D eigenvalue weighted by Gasteiger charge is 2.20. The molecule has 0 radical (unpaired) electrons. The number of amides is 1. The number of fused-ring (bicyclic) bond motifs is 1. The lowest BCUT2D eigenvalue weighted by Crippen LogP contribution is -2.30. The predicted molar refractivity (Wildman–Crippen MR) is 146 cm³/mol. The number of nitrogens with one attached hydrogen (secondary N) is 1. The van der Waals surface area contributed by atoms with E-state index in [1.165, 1.54) is 25.3 Å². The number of methoxy groups -OCH3 is 3. The molecule has 1 amide bonds. The molecule has 1 N–H and O–H groups in total. The van der Waals surface area contributed by atoms with Crippen molar-refractivity contribution in [3.63, 3.8) is 0 Å². The Labute approximate surface area is 221 Å². The van der Waals surface area contributed by atoms with Crippen molar-refractivity contribution in [2.75, 3.05) is 51.6 Å². The minimum absolute atomic E-state index is 0.212. The van der Waals surface area contributed by atoms with Crippen molar-refractivity contribution >= 4 is 40.6 Å². The summed E-state index contributed by atoms with van der Waals surface area (Å²) in [7, 11) is 4.66. The van der Waals surface area contributed by atoms with E-state index in [2.05, 4.69) is 22.2 Å². The number of hydrogen-bond acceptors (Lipinski definition) is 9. The van der Waals surface area contributed by atoms with Crippen LogP contribution in [0.15, 0.2) is 29.6 Å². The average Bonchev–Trinajstić information content (AvgIpc) is 3.34. The topological polar surface area (TPSA) is 104 Å². The number of rotatable bonds is 11. The van der Waals surface area contributed by atoms with E-state index < -0.39 is 0 Å². The Morgan fingerprint density at radius 1 is 1.08 bits per heavy atom. The van der Waals surface area contributed by atoms with E-state index in [0.717, 1.165) is 46.4 Å². The fourth-order valence-corrected chi connectivity index (χ4v) is 4.90. The molecule has 0 atom stereocenters. The molecule has 4 rings (SSSR count). The van der Waals surface area contributed by atoms with Crippen molar-refractivity contribution in [1.82, 2.24) is 25.1 Å². The maximum Gasteiger partial charge on any atom is 0.244 e. The Morgan fingerprint density at radius 2 is 1.81 bits per heavy atom. The van der Waals surface area contributed by atoms with Gasteiger partial charge in [0.15, 0.2) is 22.3 Å². The number of benzene rings is 1. The molecule has 0 aliphatic carbocycles. The molecule has 0 unspecified atom stereocenters. The third-order valence-corrected chi connectivity index (χ3v) is 6.85. The molecule has 1 aliphatic rings. The predicted octanol–water partition coefficient (Wildman–Crippen LogP) is 3.78. The Balaban J connectivity index is 1.44. The van der Waals surface area contributed by atoms with Crippen LogP contribution in [0.4, 0.5) is 5.82 Å². The fraction of sp³-hybridized carbons (Fsp3) is 0.462. The van der Waals surface area contributed by atoms with E-state index >= 15 is 0 Å². The van der Waals surface area contributed by atoms with Crippen LogP contribution in [-0.4, -0.2) is 72.4 Å². The van der Waals surface area contributed by atoms with Gasteiger partial charge in [0.05, 0.1) is 39.5 Å². The number of thioether (sulfide) groups is 1. The van der Waals surface area contributed by atoms with Crippen molar-refractivity contribution < 1.29 is 19.0 Å². The molecule has 3 heterocycles. The summed E-state index contributed by atoms with van der Waals surface area (Å²) in [6.45, 7) is 5.01. The molecular weight excluding hydrogens is 492 g/mol. The van der Waals surface area contributed by atoms with Gasteiger partial charge in [-0.25, -0.2) is 14.6 Å². The molecule has 37 heavy (non-hydrogen) atoms. The molecule has 0 saturated carbocycles. The van der Waals surface area contributed by atoms with Crippen LogP contribution in [0.2, 0.25) is 0 Å². The van der Waals surface area contributed by atoms with E-state index in [0.29, 0.717) is 30.3 Å². The van der Waals surface area contributed by atoms with Crippen molar-refractivity contribution in [2.45, 2.75) is 37.9 Å². The number of piperidine rings is 1. The number of anilines is 1. The van der Waals surface area contributed by atoms with E-state index in [1.54, 1.807) is 51.3 Å². The van der Waals surface area contributed by atoms with E-state index in [9.17, 15) is 4.79 Å². The summed E-state index contributed by atoms with van der Waals surface area (Å²) in [5.41, 5.74) is 1.55. The van der Waals surface area contributed by atoms with Gasteiger partial charge < -0.3 is 24.4 Å². The van der Waals surface area contributed by atoms with Gasteiger partial charge in [-0.2, -0.15) is 5.10 Å². The Bertz CT molecular complexity index is 1230. The minimum Gasteiger partial charge on any atom is -0.493 e. The van der Waals surface area contributed by atoms with Gasteiger partial charge in [-0.05, 0) is 48.8 Å². The molecule has 1 aliphatic heterocycles. The fourth-order valence-electron chi connectivity index (χ4n) is 4.34. The lowest BCUT2D eigenvalue weighted by molar-refractivity contribution is -0.116. The number of hydrogen-bond donors (Lipinski definition) is 1. The monoisotopic (exact) mass is 526 g/mol. The maximum absolute atomic E-state index is 12.5. The van der Waals surface area contributed by atoms with Crippen molar-refractivity contribution in [2.24, 2.45) is 0 Å². The van der Waals surface area contributed by atoms with Crippen LogP contribution >= 0.6 is 11.8 Å². The third kappa shape index (κ3) is 6.27.